The Hall–Kier alpha value is -0.320. The molecule has 1 saturated heterocycles. The average molecular weight is 317 g/mol. The van der Waals surface area contributed by atoms with Crippen molar-refractivity contribution >= 4 is 23.2 Å². The van der Waals surface area contributed by atoms with E-state index in [4.69, 9.17) is 23.2 Å². The summed E-state index contributed by atoms with van der Waals surface area (Å²) in [5, 5.41) is 14.1. The van der Waals surface area contributed by atoms with Crippen LogP contribution < -0.4 is 5.32 Å². The van der Waals surface area contributed by atoms with Crippen molar-refractivity contribution in [1.82, 2.24) is 10.2 Å². The van der Waals surface area contributed by atoms with E-state index in [1.165, 1.54) is 0 Å². The fraction of sp³-hybridized carbons (Fsp3) is 0.600. The van der Waals surface area contributed by atoms with Crippen molar-refractivity contribution in [1.29, 1.82) is 0 Å². The minimum atomic E-state index is -0.0842. The second-order valence-corrected chi connectivity index (χ2v) is 6.17. The van der Waals surface area contributed by atoms with Gasteiger partial charge < -0.3 is 15.3 Å². The molecule has 1 aliphatic heterocycles. The van der Waals surface area contributed by atoms with Gasteiger partial charge in [-0.25, -0.2) is 0 Å². The SMILES string of the molecule is OC1CCN(CCCNCc2ccc(Cl)c(Cl)c2)CC1. The minimum Gasteiger partial charge on any atom is -0.393 e. The van der Waals surface area contributed by atoms with Crippen molar-refractivity contribution in [3.8, 4) is 0 Å². The Bertz CT molecular complexity index is 420. The number of hydrogen-bond donors (Lipinski definition) is 2. The zero-order valence-electron chi connectivity index (χ0n) is 11.6. The Balaban J connectivity index is 1.58. The van der Waals surface area contributed by atoms with E-state index in [1.807, 2.05) is 18.2 Å². The van der Waals surface area contributed by atoms with E-state index in [0.717, 1.165) is 57.5 Å². The first-order valence-electron chi connectivity index (χ1n) is 7.20. The van der Waals surface area contributed by atoms with Gasteiger partial charge in [0.2, 0.25) is 0 Å². The third-order valence-corrected chi connectivity index (χ3v) is 4.44. The molecular formula is C15H22Cl2N2O. The van der Waals surface area contributed by atoms with Crippen LogP contribution in [0.4, 0.5) is 0 Å². The van der Waals surface area contributed by atoms with Crippen LogP contribution in [-0.4, -0.2) is 42.3 Å². The van der Waals surface area contributed by atoms with E-state index in [9.17, 15) is 5.11 Å². The molecule has 0 atom stereocenters. The van der Waals surface area contributed by atoms with Gasteiger partial charge in [0.1, 0.15) is 0 Å². The Morgan fingerprint density at radius 1 is 1.20 bits per heavy atom. The van der Waals surface area contributed by atoms with Crippen LogP contribution >= 0.6 is 23.2 Å². The van der Waals surface area contributed by atoms with E-state index < -0.39 is 0 Å². The Kier molecular flexibility index (Phi) is 6.59. The molecule has 0 amide bonds. The molecule has 5 heteroatoms. The van der Waals surface area contributed by atoms with Crippen molar-refractivity contribution in [3.63, 3.8) is 0 Å². The summed E-state index contributed by atoms with van der Waals surface area (Å²) in [5.74, 6) is 0. The smallest absolute Gasteiger partial charge is 0.0595 e. The third-order valence-electron chi connectivity index (χ3n) is 3.70. The molecule has 0 bridgehead atoms. The van der Waals surface area contributed by atoms with Gasteiger partial charge >= 0.3 is 0 Å². The summed E-state index contributed by atoms with van der Waals surface area (Å²) in [6.07, 6.45) is 2.86. The second kappa shape index (κ2) is 8.20. The van der Waals surface area contributed by atoms with Gasteiger partial charge in [-0.15, -0.1) is 0 Å². The number of likely N-dealkylation sites (tertiary alicyclic amines) is 1. The number of benzene rings is 1. The lowest BCUT2D eigenvalue weighted by atomic mass is 10.1. The zero-order chi connectivity index (χ0) is 14.4. The second-order valence-electron chi connectivity index (χ2n) is 5.35. The van der Waals surface area contributed by atoms with Gasteiger partial charge in [-0.3, -0.25) is 0 Å². The maximum atomic E-state index is 9.45. The van der Waals surface area contributed by atoms with Gasteiger partial charge in [-0.05, 0) is 50.0 Å². The highest BCUT2D eigenvalue weighted by atomic mass is 35.5. The van der Waals surface area contributed by atoms with Gasteiger partial charge in [0, 0.05) is 19.6 Å². The zero-order valence-corrected chi connectivity index (χ0v) is 13.1. The molecule has 1 fully saturated rings. The van der Waals surface area contributed by atoms with Crippen LogP contribution in [0.15, 0.2) is 18.2 Å². The third kappa shape index (κ3) is 5.23. The number of halogens is 2. The first-order valence-corrected chi connectivity index (χ1v) is 7.96. The van der Waals surface area contributed by atoms with Crippen LogP contribution in [0.3, 0.4) is 0 Å². The predicted octanol–water partition coefficient (Wildman–Crippen LogP) is 2.93. The molecule has 3 nitrogen and oxygen atoms in total. The van der Waals surface area contributed by atoms with Crippen LogP contribution in [0.5, 0.6) is 0 Å². The van der Waals surface area contributed by atoms with E-state index >= 15 is 0 Å². The Labute approximate surface area is 130 Å². The number of aliphatic hydroxyl groups is 1. The first kappa shape index (κ1) is 16.1. The molecule has 1 aromatic rings. The molecule has 0 radical (unpaired) electrons. The molecule has 1 aromatic carbocycles. The van der Waals surface area contributed by atoms with Crippen molar-refractivity contribution in [2.75, 3.05) is 26.2 Å². The molecule has 0 unspecified atom stereocenters. The topological polar surface area (TPSA) is 35.5 Å². The normalized spacial score (nSPS) is 17.6. The lowest BCUT2D eigenvalue weighted by molar-refractivity contribution is 0.0821. The van der Waals surface area contributed by atoms with Crippen LogP contribution in [0.25, 0.3) is 0 Å². The lowest BCUT2D eigenvalue weighted by Gasteiger charge is -2.29. The molecule has 0 saturated carbocycles. The van der Waals surface area contributed by atoms with E-state index in [1.54, 1.807) is 0 Å². The van der Waals surface area contributed by atoms with Gasteiger partial charge in [0.05, 0.1) is 16.1 Å². The molecule has 2 rings (SSSR count). The number of aliphatic hydroxyl groups excluding tert-OH is 1. The molecule has 112 valence electrons. The van der Waals surface area contributed by atoms with Gasteiger partial charge in [0.15, 0.2) is 0 Å². The fourth-order valence-electron chi connectivity index (χ4n) is 2.45. The Morgan fingerprint density at radius 3 is 2.65 bits per heavy atom. The fourth-order valence-corrected chi connectivity index (χ4v) is 2.77. The van der Waals surface area contributed by atoms with Gasteiger partial charge in [-0.1, -0.05) is 29.3 Å². The number of nitrogens with zero attached hydrogens (tertiary/aromatic N) is 1. The minimum absolute atomic E-state index is 0.0842. The number of hydrogen-bond acceptors (Lipinski definition) is 3. The van der Waals surface area contributed by atoms with Crippen LogP contribution in [0.2, 0.25) is 10.0 Å². The number of nitrogens with one attached hydrogen (secondary N) is 1. The van der Waals surface area contributed by atoms with Gasteiger partial charge in [0.25, 0.3) is 0 Å². The highest BCUT2D eigenvalue weighted by molar-refractivity contribution is 6.42. The highest BCUT2D eigenvalue weighted by Gasteiger charge is 2.15. The molecule has 20 heavy (non-hydrogen) atoms. The molecular weight excluding hydrogens is 295 g/mol. The molecule has 0 spiro atoms. The van der Waals surface area contributed by atoms with Crippen molar-refractivity contribution < 1.29 is 5.11 Å². The molecule has 2 N–H and O–H groups in total. The summed E-state index contributed by atoms with van der Waals surface area (Å²) in [5.41, 5.74) is 1.15. The van der Waals surface area contributed by atoms with Crippen LogP contribution in [0.1, 0.15) is 24.8 Å². The van der Waals surface area contributed by atoms with Gasteiger partial charge in [-0.2, -0.15) is 0 Å². The van der Waals surface area contributed by atoms with E-state index in [2.05, 4.69) is 10.2 Å². The van der Waals surface area contributed by atoms with Crippen LogP contribution in [0, 0.1) is 0 Å². The summed E-state index contributed by atoms with van der Waals surface area (Å²) < 4.78 is 0. The quantitative estimate of drug-likeness (QED) is 0.792. The summed E-state index contributed by atoms with van der Waals surface area (Å²) >= 11 is 11.9. The van der Waals surface area contributed by atoms with Crippen LogP contribution in [-0.2, 0) is 6.54 Å². The molecule has 0 aromatic heterocycles. The highest BCUT2D eigenvalue weighted by Crippen LogP contribution is 2.22. The maximum absolute atomic E-state index is 9.45. The monoisotopic (exact) mass is 316 g/mol. The summed E-state index contributed by atoms with van der Waals surface area (Å²) in [7, 11) is 0. The number of rotatable bonds is 6. The van der Waals surface area contributed by atoms with Crippen molar-refractivity contribution in [2.24, 2.45) is 0 Å². The maximum Gasteiger partial charge on any atom is 0.0595 e. The summed E-state index contributed by atoms with van der Waals surface area (Å²) in [6, 6.07) is 5.73. The van der Waals surface area contributed by atoms with E-state index in [-0.39, 0.29) is 6.10 Å². The predicted molar refractivity (Wildman–Crippen MR) is 84.5 cm³/mol. The van der Waals surface area contributed by atoms with Crippen molar-refractivity contribution in [2.45, 2.75) is 31.9 Å². The molecule has 1 heterocycles. The average Bonchev–Trinajstić information content (AvgIpc) is 2.44. The largest absolute Gasteiger partial charge is 0.393 e. The molecule has 0 aliphatic carbocycles. The number of piperidine rings is 1. The Morgan fingerprint density at radius 2 is 1.95 bits per heavy atom. The standard InChI is InChI=1S/C15H22Cl2N2O/c16-14-3-2-12(10-15(14)17)11-18-6-1-7-19-8-4-13(20)5-9-19/h2-3,10,13,18,20H,1,4-9,11H2. The first-order chi connectivity index (χ1) is 9.65. The van der Waals surface area contributed by atoms with E-state index in [0.29, 0.717) is 10.0 Å². The summed E-state index contributed by atoms with van der Waals surface area (Å²) in [4.78, 5) is 2.42. The molecule has 1 aliphatic rings. The lowest BCUT2D eigenvalue weighted by Crippen LogP contribution is -2.37. The summed E-state index contributed by atoms with van der Waals surface area (Å²) in [6.45, 7) is 4.94. The van der Waals surface area contributed by atoms with Crippen molar-refractivity contribution in [3.05, 3.63) is 33.8 Å².